The van der Waals surface area contributed by atoms with Gasteiger partial charge in [-0.3, -0.25) is 4.79 Å². The lowest BCUT2D eigenvalue weighted by atomic mass is 10.0. The number of halogens is 2. The van der Waals surface area contributed by atoms with E-state index in [4.69, 9.17) is 0 Å². The molecule has 0 bridgehead atoms. The number of nitrogens with zero attached hydrogens (tertiary/aromatic N) is 1. The zero-order valence-corrected chi connectivity index (χ0v) is 14.0. The lowest BCUT2D eigenvalue weighted by molar-refractivity contribution is -0.124. The first-order valence-electron chi connectivity index (χ1n) is 7.52. The number of hydrogen-bond acceptors (Lipinski definition) is 3. The summed E-state index contributed by atoms with van der Waals surface area (Å²) in [4.78, 5) is 14.5. The summed E-state index contributed by atoms with van der Waals surface area (Å²) in [6, 6.07) is 0.307. The minimum absolute atomic E-state index is 0. The van der Waals surface area contributed by atoms with Crippen molar-refractivity contribution in [1.29, 1.82) is 0 Å². The monoisotopic (exact) mass is 325 g/mol. The molecule has 2 rings (SSSR count). The molecule has 0 aromatic carbocycles. The number of rotatable bonds is 4. The SMILES string of the molecule is CC(CN1CCCCC1)NC(=O)[C@H]1CCCCN1.Cl.Cl. The molecule has 0 aromatic heterocycles. The number of hydrogen-bond donors (Lipinski definition) is 2. The van der Waals surface area contributed by atoms with Crippen molar-refractivity contribution in [2.75, 3.05) is 26.2 Å². The van der Waals surface area contributed by atoms with Crippen molar-refractivity contribution in [2.45, 2.75) is 57.5 Å². The molecule has 20 heavy (non-hydrogen) atoms. The Hall–Kier alpha value is -0.0300. The van der Waals surface area contributed by atoms with Gasteiger partial charge < -0.3 is 15.5 Å². The van der Waals surface area contributed by atoms with Gasteiger partial charge in [0.1, 0.15) is 0 Å². The van der Waals surface area contributed by atoms with Crippen molar-refractivity contribution in [1.82, 2.24) is 15.5 Å². The van der Waals surface area contributed by atoms with E-state index in [-0.39, 0.29) is 42.8 Å². The summed E-state index contributed by atoms with van der Waals surface area (Å²) >= 11 is 0. The molecule has 0 radical (unpaired) electrons. The van der Waals surface area contributed by atoms with Crippen LogP contribution >= 0.6 is 24.8 Å². The predicted octanol–water partition coefficient (Wildman–Crippen LogP) is 1.96. The number of piperidine rings is 2. The van der Waals surface area contributed by atoms with E-state index in [9.17, 15) is 4.79 Å². The summed E-state index contributed by atoms with van der Waals surface area (Å²) in [6.45, 7) is 6.50. The van der Waals surface area contributed by atoms with Crippen LogP contribution in [0.4, 0.5) is 0 Å². The highest BCUT2D eigenvalue weighted by Crippen LogP contribution is 2.10. The molecule has 0 aromatic rings. The minimum atomic E-state index is 0. The second kappa shape index (κ2) is 10.7. The zero-order valence-electron chi connectivity index (χ0n) is 12.4. The molecule has 0 aliphatic carbocycles. The highest BCUT2D eigenvalue weighted by atomic mass is 35.5. The molecular weight excluding hydrogens is 297 g/mol. The summed E-state index contributed by atoms with van der Waals surface area (Å²) in [5.41, 5.74) is 0. The summed E-state index contributed by atoms with van der Waals surface area (Å²) in [5, 5.41) is 6.46. The summed E-state index contributed by atoms with van der Waals surface area (Å²) < 4.78 is 0. The second-order valence-corrected chi connectivity index (χ2v) is 5.77. The van der Waals surface area contributed by atoms with Crippen molar-refractivity contribution in [3.8, 4) is 0 Å². The molecule has 0 saturated carbocycles. The number of carbonyl (C=O) groups excluding carboxylic acids is 1. The molecule has 6 heteroatoms. The van der Waals surface area contributed by atoms with E-state index in [1.165, 1.54) is 45.2 Å². The molecule has 2 aliphatic rings. The van der Waals surface area contributed by atoms with Crippen LogP contribution in [0.5, 0.6) is 0 Å². The molecule has 2 saturated heterocycles. The van der Waals surface area contributed by atoms with Gasteiger partial charge in [0, 0.05) is 12.6 Å². The first-order valence-corrected chi connectivity index (χ1v) is 7.52. The number of carbonyl (C=O) groups is 1. The Morgan fingerprint density at radius 3 is 2.50 bits per heavy atom. The van der Waals surface area contributed by atoms with Gasteiger partial charge >= 0.3 is 0 Å². The quantitative estimate of drug-likeness (QED) is 0.830. The number of nitrogens with one attached hydrogen (secondary N) is 2. The molecule has 2 atom stereocenters. The third-order valence-corrected chi connectivity index (χ3v) is 4.00. The fraction of sp³-hybridized carbons (Fsp3) is 0.929. The maximum atomic E-state index is 12.1. The summed E-state index contributed by atoms with van der Waals surface area (Å²) in [7, 11) is 0. The van der Waals surface area contributed by atoms with Crippen LogP contribution in [0.25, 0.3) is 0 Å². The first-order chi connectivity index (χ1) is 8.75. The standard InChI is InChI=1S/C14H27N3O.2ClH/c1-12(11-17-9-5-2-6-10-17)16-14(18)13-7-3-4-8-15-13;;/h12-13,15H,2-11H2,1H3,(H,16,18);2*1H/t12?,13-;;/m1../s1. The third-order valence-electron chi connectivity index (χ3n) is 4.00. The van der Waals surface area contributed by atoms with Gasteiger partial charge in [-0.05, 0) is 52.2 Å². The Balaban J connectivity index is 0.00000180. The lowest BCUT2D eigenvalue weighted by Crippen LogP contribution is -2.51. The van der Waals surface area contributed by atoms with E-state index in [0.717, 1.165) is 19.5 Å². The van der Waals surface area contributed by atoms with E-state index in [1.807, 2.05) is 0 Å². The Bertz CT molecular complexity index is 267. The van der Waals surface area contributed by atoms with Crippen LogP contribution in [0.2, 0.25) is 0 Å². The van der Waals surface area contributed by atoms with Crippen molar-refractivity contribution in [3.05, 3.63) is 0 Å². The maximum Gasteiger partial charge on any atom is 0.237 e. The van der Waals surface area contributed by atoms with Crippen LogP contribution < -0.4 is 10.6 Å². The van der Waals surface area contributed by atoms with Gasteiger partial charge in [0.15, 0.2) is 0 Å². The number of amides is 1. The van der Waals surface area contributed by atoms with Crippen LogP contribution in [0.15, 0.2) is 0 Å². The van der Waals surface area contributed by atoms with Gasteiger partial charge in [-0.1, -0.05) is 12.8 Å². The molecule has 0 spiro atoms. The Morgan fingerprint density at radius 1 is 1.20 bits per heavy atom. The van der Waals surface area contributed by atoms with Crippen LogP contribution in [-0.4, -0.2) is 49.1 Å². The van der Waals surface area contributed by atoms with Gasteiger partial charge in [-0.25, -0.2) is 0 Å². The third kappa shape index (κ3) is 6.61. The van der Waals surface area contributed by atoms with Gasteiger partial charge in [0.05, 0.1) is 6.04 Å². The highest BCUT2D eigenvalue weighted by Gasteiger charge is 2.22. The smallest absolute Gasteiger partial charge is 0.237 e. The topological polar surface area (TPSA) is 44.4 Å². The molecule has 120 valence electrons. The van der Waals surface area contributed by atoms with Crippen molar-refractivity contribution in [2.24, 2.45) is 0 Å². The Kier molecular flexibility index (Phi) is 10.6. The van der Waals surface area contributed by atoms with E-state index in [0.29, 0.717) is 0 Å². The normalized spacial score (nSPS) is 24.9. The van der Waals surface area contributed by atoms with Crippen molar-refractivity contribution < 1.29 is 4.79 Å². The largest absolute Gasteiger partial charge is 0.351 e. The molecular formula is C14H29Cl2N3O. The lowest BCUT2D eigenvalue weighted by Gasteiger charge is -2.30. The van der Waals surface area contributed by atoms with Crippen LogP contribution in [0.3, 0.4) is 0 Å². The minimum Gasteiger partial charge on any atom is -0.351 e. The van der Waals surface area contributed by atoms with Crippen LogP contribution in [0, 0.1) is 0 Å². The molecule has 4 nitrogen and oxygen atoms in total. The van der Waals surface area contributed by atoms with Gasteiger partial charge in [0.25, 0.3) is 0 Å². The van der Waals surface area contributed by atoms with Crippen molar-refractivity contribution in [3.63, 3.8) is 0 Å². The average molecular weight is 326 g/mol. The van der Waals surface area contributed by atoms with E-state index in [2.05, 4.69) is 22.5 Å². The van der Waals surface area contributed by atoms with Gasteiger partial charge in [-0.2, -0.15) is 0 Å². The summed E-state index contributed by atoms with van der Waals surface area (Å²) in [5.74, 6) is 0.194. The van der Waals surface area contributed by atoms with Gasteiger partial charge in [0.2, 0.25) is 5.91 Å². The molecule has 2 heterocycles. The van der Waals surface area contributed by atoms with Crippen molar-refractivity contribution >= 4 is 30.7 Å². The average Bonchev–Trinajstić information content (AvgIpc) is 2.40. The fourth-order valence-corrected chi connectivity index (χ4v) is 2.99. The number of likely N-dealkylation sites (tertiary alicyclic amines) is 1. The zero-order chi connectivity index (χ0) is 12.8. The van der Waals surface area contributed by atoms with E-state index >= 15 is 0 Å². The second-order valence-electron chi connectivity index (χ2n) is 5.77. The van der Waals surface area contributed by atoms with E-state index < -0.39 is 0 Å². The van der Waals surface area contributed by atoms with Crippen LogP contribution in [0.1, 0.15) is 45.4 Å². The van der Waals surface area contributed by atoms with Crippen LogP contribution in [-0.2, 0) is 4.79 Å². The first kappa shape index (κ1) is 20.0. The highest BCUT2D eigenvalue weighted by molar-refractivity contribution is 5.85. The molecule has 2 aliphatic heterocycles. The maximum absolute atomic E-state index is 12.1. The molecule has 1 amide bonds. The molecule has 2 fully saturated rings. The fourth-order valence-electron chi connectivity index (χ4n) is 2.99. The van der Waals surface area contributed by atoms with Gasteiger partial charge in [-0.15, -0.1) is 24.8 Å². The predicted molar refractivity (Wildman–Crippen MR) is 88.0 cm³/mol. The summed E-state index contributed by atoms with van der Waals surface area (Å²) in [6.07, 6.45) is 7.35. The molecule has 2 N–H and O–H groups in total. The van der Waals surface area contributed by atoms with E-state index in [1.54, 1.807) is 0 Å². The Morgan fingerprint density at radius 2 is 1.90 bits per heavy atom. The Labute approximate surface area is 135 Å². The molecule has 1 unspecified atom stereocenters.